The number of ether oxygens (including phenoxy) is 1. The molecule has 2 unspecified atom stereocenters. The first-order valence-corrected chi connectivity index (χ1v) is 5.81. The zero-order valence-corrected chi connectivity index (χ0v) is 10.9. The monoisotopic (exact) mass is 296 g/mol. The summed E-state index contributed by atoms with van der Waals surface area (Å²) in [4.78, 5) is 11.2. The van der Waals surface area contributed by atoms with E-state index in [1.54, 1.807) is 6.92 Å². The lowest BCUT2D eigenvalue weighted by Crippen LogP contribution is -2.30. The highest BCUT2D eigenvalue weighted by Gasteiger charge is 2.29. The number of aliphatic hydroxyl groups excluding tert-OH is 2. The number of carbonyl (C=O) groups is 1. The Morgan fingerprint density at radius 1 is 1.44 bits per heavy atom. The zero-order valence-electron chi connectivity index (χ0n) is 9.36. The van der Waals surface area contributed by atoms with Crippen LogP contribution in [0.1, 0.15) is 18.6 Å². The van der Waals surface area contributed by atoms with E-state index in [1.807, 2.05) is 0 Å². The molecule has 0 heterocycles. The minimum atomic E-state index is -1.86. The SMILES string of the molecule is CCOC(=O)C(O)C(O)c1cc(Cl)cc(F)c1Cl. The van der Waals surface area contributed by atoms with Crippen molar-refractivity contribution in [3.8, 4) is 0 Å². The summed E-state index contributed by atoms with van der Waals surface area (Å²) in [6, 6.07) is 2.12. The number of aliphatic hydroxyl groups is 2. The standard InChI is InChI=1S/C11H11Cl2FO4/c1-2-18-11(17)10(16)9(15)6-3-5(12)4-7(14)8(6)13/h3-4,9-10,15-16H,2H2,1H3. The second-order valence-corrected chi connectivity index (χ2v) is 4.25. The van der Waals surface area contributed by atoms with Gasteiger partial charge in [0.1, 0.15) is 11.9 Å². The fraction of sp³-hybridized carbons (Fsp3) is 0.364. The minimum absolute atomic E-state index is 0.0120. The Labute approximate surface area is 113 Å². The van der Waals surface area contributed by atoms with Gasteiger partial charge in [-0.15, -0.1) is 0 Å². The molecule has 100 valence electrons. The lowest BCUT2D eigenvalue weighted by atomic mass is 10.0. The van der Waals surface area contributed by atoms with Gasteiger partial charge in [0.25, 0.3) is 0 Å². The van der Waals surface area contributed by atoms with E-state index in [1.165, 1.54) is 6.07 Å². The van der Waals surface area contributed by atoms with Crippen LogP contribution in [0.4, 0.5) is 4.39 Å². The Kier molecular flexibility index (Phi) is 5.34. The zero-order chi connectivity index (χ0) is 13.9. The third kappa shape index (κ3) is 3.32. The third-order valence-corrected chi connectivity index (χ3v) is 2.78. The van der Waals surface area contributed by atoms with Gasteiger partial charge in [0, 0.05) is 10.6 Å². The molecule has 0 radical (unpaired) electrons. The molecule has 0 fully saturated rings. The molecule has 0 saturated heterocycles. The van der Waals surface area contributed by atoms with Crippen LogP contribution in [0.2, 0.25) is 10.0 Å². The van der Waals surface area contributed by atoms with Gasteiger partial charge in [0.15, 0.2) is 6.10 Å². The van der Waals surface area contributed by atoms with Crippen molar-refractivity contribution in [3.63, 3.8) is 0 Å². The van der Waals surface area contributed by atoms with E-state index in [9.17, 15) is 19.4 Å². The van der Waals surface area contributed by atoms with Crippen molar-refractivity contribution >= 4 is 29.2 Å². The Bertz CT molecular complexity index is 453. The van der Waals surface area contributed by atoms with E-state index < -0.39 is 29.0 Å². The number of rotatable bonds is 4. The Morgan fingerprint density at radius 3 is 2.61 bits per heavy atom. The van der Waals surface area contributed by atoms with Crippen LogP contribution >= 0.6 is 23.2 Å². The van der Waals surface area contributed by atoms with Gasteiger partial charge in [-0.05, 0) is 19.1 Å². The van der Waals surface area contributed by atoms with Crippen molar-refractivity contribution in [3.05, 3.63) is 33.6 Å². The Balaban J connectivity index is 3.03. The van der Waals surface area contributed by atoms with E-state index in [4.69, 9.17) is 23.2 Å². The van der Waals surface area contributed by atoms with Crippen molar-refractivity contribution in [1.29, 1.82) is 0 Å². The number of esters is 1. The first kappa shape index (κ1) is 15.2. The summed E-state index contributed by atoms with van der Waals surface area (Å²) in [6.07, 6.45) is -3.58. The van der Waals surface area contributed by atoms with Gasteiger partial charge >= 0.3 is 5.97 Å². The first-order valence-electron chi connectivity index (χ1n) is 5.05. The molecule has 0 saturated carbocycles. The molecule has 1 aromatic rings. The summed E-state index contributed by atoms with van der Waals surface area (Å²) >= 11 is 11.2. The quantitative estimate of drug-likeness (QED) is 0.659. The molecule has 0 aromatic heterocycles. The lowest BCUT2D eigenvalue weighted by molar-refractivity contribution is -0.159. The van der Waals surface area contributed by atoms with Crippen LogP contribution < -0.4 is 0 Å². The summed E-state index contributed by atoms with van der Waals surface area (Å²) in [5, 5.41) is 18.9. The van der Waals surface area contributed by atoms with Crippen molar-refractivity contribution in [2.75, 3.05) is 6.61 Å². The topological polar surface area (TPSA) is 66.8 Å². The molecule has 0 spiro atoms. The third-order valence-electron chi connectivity index (χ3n) is 2.17. The molecule has 0 aliphatic rings. The van der Waals surface area contributed by atoms with Crippen molar-refractivity contribution in [2.45, 2.75) is 19.1 Å². The Morgan fingerprint density at radius 2 is 2.06 bits per heavy atom. The maximum absolute atomic E-state index is 13.3. The lowest BCUT2D eigenvalue weighted by Gasteiger charge is -2.18. The van der Waals surface area contributed by atoms with Crippen molar-refractivity contribution in [1.82, 2.24) is 0 Å². The molecule has 0 aliphatic carbocycles. The average molecular weight is 297 g/mol. The highest BCUT2D eigenvalue weighted by molar-refractivity contribution is 6.33. The largest absolute Gasteiger partial charge is 0.464 e. The van der Waals surface area contributed by atoms with E-state index in [2.05, 4.69) is 4.74 Å². The van der Waals surface area contributed by atoms with Gasteiger partial charge in [-0.3, -0.25) is 0 Å². The molecule has 0 aliphatic heterocycles. The van der Waals surface area contributed by atoms with Crippen LogP contribution in [0.5, 0.6) is 0 Å². The normalized spacial score (nSPS) is 14.1. The first-order chi connectivity index (χ1) is 8.38. The maximum Gasteiger partial charge on any atom is 0.338 e. The molecular formula is C11H11Cl2FO4. The molecule has 1 rings (SSSR count). The highest BCUT2D eigenvalue weighted by Crippen LogP contribution is 2.31. The van der Waals surface area contributed by atoms with E-state index in [0.29, 0.717) is 0 Å². The summed E-state index contributed by atoms with van der Waals surface area (Å²) < 4.78 is 17.8. The molecular weight excluding hydrogens is 286 g/mol. The predicted octanol–water partition coefficient (Wildman–Crippen LogP) is 2.09. The summed E-state index contributed by atoms with van der Waals surface area (Å²) in [6.45, 7) is 1.59. The second kappa shape index (κ2) is 6.33. The smallest absolute Gasteiger partial charge is 0.338 e. The molecule has 0 amide bonds. The van der Waals surface area contributed by atoms with E-state index in [0.717, 1.165) is 6.07 Å². The van der Waals surface area contributed by atoms with E-state index in [-0.39, 0.29) is 17.2 Å². The van der Waals surface area contributed by atoms with Gasteiger partial charge < -0.3 is 14.9 Å². The van der Waals surface area contributed by atoms with Gasteiger partial charge in [0.2, 0.25) is 0 Å². The number of hydrogen-bond donors (Lipinski definition) is 2. The molecule has 7 heteroatoms. The molecule has 0 bridgehead atoms. The number of halogens is 3. The van der Waals surface area contributed by atoms with Crippen LogP contribution in [0, 0.1) is 5.82 Å². The van der Waals surface area contributed by atoms with Crippen LogP contribution in [-0.2, 0) is 9.53 Å². The fourth-order valence-corrected chi connectivity index (χ4v) is 1.75. The minimum Gasteiger partial charge on any atom is -0.464 e. The molecule has 4 nitrogen and oxygen atoms in total. The van der Waals surface area contributed by atoms with Crippen LogP contribution in [0.25, 0.3) is 0 Å². The Hall–Kier alpha value is -0.880. The summed E-state index contributed by atoms with van der Waals surface area (Å²) in [5.74, 6) is -1.88. The van der Waals surface area contributed by atoms with Gasteiger partial charge in [0.05, 0.1) is 11.6 Å². The summed E-state index contributed by atoms with van der Waals surface area (Å²) in [7, 11) is 0. The van der Waals surface area contributed by atoms with Crippen molar-refractivity contribution in [2.24, 2.45) is 0 Å². The van der Waals surface area contributed by atoms with Crippen LogP contribution in [0.15, 0.2) is 12.1 Å². The van der Waals surface area contributed by atoms with Gasteiger partial charge in [-0.2, -0.15) is 0 Å². The number of carbonyl (C=O) groups excluding carboxylic acids is 1. The van der Waals surface area contributed by atoms with Crippen LogP contribution in [0.3, 0.4) is 0 Å². The predicted molar refractivity (Wildman–Crippen MR) is 64.0 cm³/mol. The average Bonchev–Trinajstić information content (AvgIpc) is 2.32. The van der Waals surface area contributed by atoms with Gasteiger partial charge in [-0.1, -0.05) is 23.2 Å². The second-order valence-electron chi connectivity index (χ2n) is 3.43. The molecule has 2 N–H and O–H groups in total. The highest BCUT2D eigenvalue weighted by atomic mass is 35.5. The fourth-order valence-electron chi connectivity index (χ4n) is 1.32. The molecule has 18 heavy (non-hydrogen) atoms. The van der Waals surface area contributed by atoms with E-state index >= 15 is 0 Å². The number of hydrogen-bond acceptors (Lipinski definition) is 4. The van der Waals surface area contributed by atoms with Gasteiger partial charge in [-0.25, -0.2) is 9.18 Å². The van der Waals surface area contributed by atoms with Crippen molar-refractivity contribution < 1.29 is 24.1 Å². The summed E-state index contributed by atoms with van der Waals surface area (Å²) in [5.41, 5.74) is -0.179. The maximum atomic E-state index is 13.3. The number of benzene rings is 1. The van der Waals surface area contributed by atoms with Crippen LogP contribution in [-0.4, -0.2) is 28.9 Å². The molecule has 2 atom stereocenters. The molecule has 1 aromatic carbocycles.